The molecule has 1 heterocycles. The fourth-order valence-corrected chi connectivity index (χ4v) is 4.99. The van der Waals surface area contributed by atoms with Crippen molar-refractivity contribution in [3.05, 3.63) is 65.2 Å². The molecule has 0 N–H and O–H groups in total. The van der Waals surface area contributed by atoms with Crippen LogP contribution in [0.25, 0.3) is 0 Å². The van der Waals surface area contributed by atoms with Crippen LogP contribution in [0.4, 0.5) is 0 Å². The summed E-state index contributed by atoms with van der Waals surface area (Å²) in [6.07, 6.45) is 1.80. The highest BCUT2D eigenvalue weighted by molar-refractivity contribution is 7.99. The van der Waals surface area contributed by atoms with Gasteiger partial charge in [0.15, 0.2) is 0 Å². The highest BCUT2D eigenvalue weighted by Gasteiger charge is 2.45. The third-order valence-corrected chi connectivity index (χ3v) is 5.63. The Hall–Kier alpha value is -1.72. The molecule has 2 atom stereocenters. The maximum atomic E-state index is 9.81. The zero-order valence-electron chi connectivity index (χ0n) is 10.5. The number of nitriles is 1. The van der Waals surface area contributed by atoms with E-state index in [0.29, 0.717) is 5.25 Å². The molecule has 2 aromatic rings. The summed E-state index contributed by atoms with van der Waals surface area (Å²) >= 11 is 1.92. The number of hydrogen-bond acceptors (Lipinski definition) is 2. The van der Waals surface area contributed by atoms with Crippen LogP contribution < -0.4 is 0 Å². The van der Waals surface area contributed by atoms with Crippen LogP contribution in [0.2, 0.25) is 0 Å². The number of rotatable bonds is 0. The van der Waals surface area contributed by atoms with Crippen LogP contribution in [0, 0.1) is 11.3 Å². The maximum absolute atomic E-state index is 9.81. The molecular weight excluding hydrogens is 250 g/mol. The lowest BCUT2D eigenvalue weighted by Crippen LogP contribution is -2.36. The van der Waals surface area contributed by atoms with Gasteiger partial charge >= 0.3 is 0 Å². The van der Waals surface area contributed by atoms with Gasteiger partial charge in [0.1, 0.15) is 0 Å². The molecule has 2 aliphatic rings. The van der Waals surface area contributed by atoms with Gasteiger partial charge in [0.25, 0.3) is 0 Å². The largest absolute Gasteiger partial charge is 0.197 e. The van der Waals surface area contributed by atoms with Crippen molar-refractivity contribution in [3.8, 4) is 6.07 Å². The number of hydrogen-bond donors (Lipinski definition) is 0. The van der Waals surface area contributed by atoms with Crippen molar-refractivity contribution in [1.29, 1.82) is 5.26 Å². The minimum atomic E-state index is -0.319. The van der Waals surface area contributed by atoms with E-state index in [1.807, 2.05) is 11.8 Å². The minimum absolute atomic E-state index is 0.319. The Labute approximate surface area is 117 Å². The predicted octanol–water partition coefficient (Wildman–Crippen LogP) is 4.24. The van der Waals surface area contributed by atoms with Crippen LogP contribution in [-0.4, -0.2) is 0 Å². The SMILES string of the molecule is N#C[C@@]12Cc3ccccc3[C@@H](C1)Sc1ccccc12. The molecular formula is C17H13NS. The first kappa shape index (κ1) is 11.1. The minimum Gasteiger partial charge on any atom is -0.197 e. The van der Waals surface area contributed by atoms with Gasteiger partial charge in [-0.2, -0.15) is 5.26 Å². The molecule has 2 heteroatoms. The molecule has 92 valence electrons. The van der Waals surface area contributed by atoms with Gasteiger partial charge in [0, 0.05) is 10.1 Å². The van der Waals surface area contributed by atoms with E-state index in [0.717, 1.165) is 12.8 Å². The lowest BCUT2D eigenvalue weighted by Gasteiger charge is -2.42. The molecule has 0 unspecified atom stereocenters. The summed E-state index contributed by atoms with van der Waals surface area (Å²) in [4.78, 5) is 1.29. The first-order valence-corrected chi connectivity index (χ1v) is 7.46. The van der Waals surface area contributed by atoms with Crippen molar-refractivity contribution < 1.29 is 0 Å². The number of benzene rings is 2. The van der Waals surface area contributed by atoms with Gasteiger partial charge in [0.2, 0.25) is 0 Å². The lowest BCUT2D eigenvalue weighted by atomic mass is 9.68. The van der Waals surface area contributed by atoms with Crippen LogP contribution in [-0.2, 0) is 11.8 Å². The Morgan fingerprint density at radius 1 is 1.11 bits per heavy atom. The zero-order chi connectivity index (χ0) is 12.9. The maximum Gasteiger partial charge on any atom is 0.0887 e. The van der Waals surface area contributed by atoms with Crippen molar-refractivity contribution in [2.24, 2.45) is 0 Å². The van der Waals surface area contributed by atoms with E-state index in [2.05, 4.69) is 54.6 Å². The lowest BCUT2D eigenvalue weighted by molar-refractivity contribution is 0.450. The van der Waals surface area contributed by atoms with Crippen molar-refractivity contribution in [2.75, 3.05) is 0 Å². The average Bonchev–Trinajstić information content (AvgIpc) is 2.47. The summed E-state index contributed by atoms with van der Waals surface area (Å²) in [5, 5.41) is 10.2. The van der Waals surface area contributed by atoms with Gasteiger partial charge in [-0.05, 0) is 35.6 Å². The Morgan fingerprint density at radius 2 is 1.89 bits per heavy atom. The smallest absolute Gasteiger partial charge is 0.0887 e. The van der Waals surface area contributed by atoms with Crippen molar-refractivity contribution in [2.45, 2.75) is 28.4 Å². The van der Waals surface area contributed by atoms with Crippen molar-refractivity contribution >= 4 is 11.8 Å². The molecule has 1 aliphatic heterocycles. The average molecular weight is 263 g/mol. The fourth-order valence-electron chi connectivity index (χ4n) is 3.41. The van der Waals surface area contributed by atoms with Gasteiger partial charge in [-0.1, -0.05) is 42.5 Å². The molecule has 0 spiro atoms. The number of fused-ring (bicyclic) bond motifs is 6. The second kappa shape index (κ2) is 3.88. The van der Waals surface area contributed by atoms with Crippen LogP contribution in [0.5, 0.6) is 0 Å². The molecule has 1 aliphatic carbocycles. The monoisotopic (exact) mass is 263 g/mol. The summed E-state index contributed by atoms with van der Waals surface area (Å²) in [7, 11) is 0. The second-order valence-electron chi connectivity index (χ2n) is 5.38. The van der Waals surface area contributed by atoms with E-state index >= 15 is 0 Å². The summed E-state index contributed by atoms with van der Waals surface area (Å²) in [5.74, 6) is 0. The molecule has 2 aromatic carbocycles. The van der Waals surface area contributed by atoms with E-state index in [1.165, 1.54) is 21.6 Å². The van der Waals surface area contributed by atoms with E-state index in [1.54, 1.807) is 0 Å². The molecule has 2 bridgehead atoms. The number of thioether (sulfide) groups is 1. The fraction of sp³-hybridized carbons (Fsp3) is 0.235. The molecule has 0 radical (unpaired) electrons. The van der Waals surface area contributed by atoms with Crippen LogP contribution in [0.3, 0.4) is 0 Å². The normalized spacial score (nSPS) is 27.0. The molecule has 0 fully saturated rings. The van der Waals surface area contributed by atoms with E-state index in [9.17, 15) is 5.26 Å². The van der Waals surface area contributed by atoms with E-state index in [4.69, 9.17) is 0 Å². The Kier molecular flexibility index (Phi) is 2.28. The molecule has 4 rings (SSSR count). The highest BCUT2D eigenvalue weighted by atomic mass is 32.2. The first-order chi connectivity index (χ1) is 9.32. The van der Waals surface area contributed by atoms with Crippen LogP contribution in [0.1, 0.15) is 28.4 Å². The Bertz CT molecular complexity index is 700. The predicted molar refractivity (Wildman–Crippen MR) is 77.1 cm³/mol. The summed E-state index contributed by atoms with van der Waals surface area (Å²) in [5.41, 5.74) is 3.68. The van der Waals surface area contributed by atoms with Crippen molar-refractivity contribution in [1.82, 2.24) is 0 Å². The van der Waals surface area contributed by atoms with E-state index in [-0.39, 0.29) is 5.41 Å². The summed E-state index contributed by atoms with van der Waals surface area (Å²) in [6.45, 7) is 0. The van der Waals surface area contributed by atoms with Gasteiger partial charge < -0.3 is 0 Å². The topological polar surface area (TPSA) is 23.8 Å². The second-order valence-corrected chi connectivity index (χ2v) is 6.62. The molecule has 0 amide bonds. The third-order valence-electron chi connectivity index (χ3n) is 4.31. The molecule has 0 saturated heterocycles. The Balaban J connectivity index is 1.96. The standard InChI is InChI=1S/C17H13NS/c18-11-17-9-12-5-1-2-6-13(12)16(10-17)19-15-8-4-3-7-14(15)17/h1-8,16H,9-10H2/t16-,17-/m1/s1. The van der Waals surface area contributed by atoms with Gasteiger partial charge in [-0.15, -0.1) is 11.8 Å². The van der Waals surface area contributed by atoms with E-state index < -0.39 is 0 Å². The summed E-state index contributed by atoms with van der Waals surface area (Å²) < 4.78 is 0. The number of nitrogens with zero attached hydrogens (tertiary/aromatic N) is 1. The van der Waals surface area contributed by atoms with Crippen LogP contribution in [0.15, 0.2) is 53.4 Å². The molecule has 0 saturated carbocycles. The summed E-state index contributed by atoms with van der Waals surface area (Å²) in [6, 6.07) is 19.7. The van der Waals surface area contributed by atoms with Crippen molar-refractivity contribution in [3.63, 3.8) is 0 Å². The Morgan fingerprint density at radius 3 is 2.79 bits per heavy atom. The quantitative estimate of drug-likeness (QED) is 0.709. The van der Waals surface area contributed by atoms with Gasteiger partial charge in [0.05, 0.1) is 11.5 Å². The third kappa shape index (κ3) is 1.49. The molecule has 1 nitrogen and oxygen atoms in total. The van der Waals surface area contributed by atoms with Gasteiger partial charge in [-0.25, -0.2) is 0 Å². The molecule has 19 heavy (non-hydrogen) atoms. The van der Waals surface area contributed by atoms with Crippen LogP contribution >= 0.6 is 11.8 Å². The zero-order valence-corrected chi connectivity index (χ0v) is 11.3. The highest BCUT2D eigenvalue weighted by Crippen LogP contribution is 2.57. The molecule has 0 aromatic heterocycles. The first-order valence-electron chi connectivity index (χ1n) is 6.58. The van der Waals surface area contributed by atoms with Gasteiger partial charge in [-0.3, -0.25) is 0 Å².